The molecule has 0 radical (unpaired) electrons. The first-order valence-electron chi connectivity index (χ1n) is 6.46. The van der Waals surface area contributed by atoms with Gasteiger partial charge in [-0.2, -0.15) is 0 Å². The molecular weight excluding hydrogens is 270 g/mol. The van der Waals surface area contributed by atoms with Crippen LogP contribution < -0.4 is 0 Å². The SMILES string of the molecule is CCc1nnsc1C(=O)N(CCCCl)C1CCC1. The Morgan fingerprint density at radius 1 is 1.56 bits per heavy atom. The summed E-state index contributed by atoms with van der Waals surface area (Å²) < 4.78 is 3.90. The summed E-state index contributed by atoms with van der Waals surface area (Å²) >= 11 is 6.95. The molecule has 6 heteroatoms. The van der Waals surface area contributed by atoms with E-state index in [-0.39, 0.29) is 5.91 Å². The number of carbonyl (C=O) groups is 1. The second-order valence-electron chi connectivity index (χ2n) is 4.53. The Morgan fingerprint density at radius 3 is 2.89 bits per heavy atom. The molecule has 2 rings (SSSR count). The summed E-state index contributed by atoms with van der Waals surface area (Å²) in [5.74, 6) is 0.689. The van der Waals surface area contributed by atoms with Gasteiger partial charge in [-0.05, 0) is 43.6 Å². The highest BCUT2D eigenvalue weighted by Gasteiger charge is 2.31. The van der Waals surface area contributed by atoms with Crippen LogP contribution in [0.2, 0.25) is 0 Å². The summed E-state index contributed by atoms with van der Waals surface area (Å²) in [6, 6.07) is 0.396. The Balaban J connectivity index is 2.11. The van der Waals surface area contributed by atoms with Crippen LogP contribution in [0.15, 0.2) is 0 Å². The second kappa shape index (κ2) is 6.48. The summed E-state index contributed by atoms with van der Waals surface area (Å²) in [5, 5.41) is 4.02. The summed E-state index contributed by atoms with van der Waals surface area (Å²) in [6.07, 6.45) is 5.05. The third-order valence-corrected chi connectivity index (χ3v) is 4.42. The molecule has 1 saturated carbocycles. The van der Waals surface area contributed by atoms with Crippen LogP contribution in [-0.2, 0) is 6.42 Å². The van der Waals surface area contributed by atoms with Crippen molar-refractivity contribution in [2.45, 2.75) is 45.1 Å². The number of carbonyl (C=O) groups excluding carboxylic acids is 1. The molecular formula is C12H18ClN3OS. The first-order chi connectivity index (χ1) is 8.77. The van der Waals surface area contributed by atoms with Gasteiger partial charge in [-0.3, -0.25) is 4.79 Å². The van der Waals surface area contributed by atoms with Crippen molar-refractivity contribution in [3.63, 3.8) is 0 Å². The molecule has 1 amide bonds. The van der Waals surface area contributed by atoms with E-state index >= 15 is 0 Å². The van der Waals surface area contributed by atoms with Crippen molar-refractivity contribution < 1.29 is 4.79 Å². The van der Waals surface area contributed by atoms with Crippen molar-refractivity contribution in [1.29, 1.82) is 0 Å². The van der Waals surface area contributed by atoms with Crippen molar-refractivity contribution in [3.05, 3.63) is 10.6 Å². The fourth-order valence-corrected chi connectivity index (χ4v) is 2.94. The van der Waals surface area contributed by atoms with E-state index in [0.29, 0.717) is 16.8 Å². The van der Waals surface area contributed by atoms with Gasteiger partial charge in [0.1, 0.15) is 4.88 Å². The number of aryl methyl sites for hydroxylation is 1. The minimum absolute atomic E-state index is 0.0941. The normalized spacial score (nSPS) is 15.4. The largest absolute Gasteiger partial charge is 0.335 e. The highest BCUT2D eigenvalue weighted by atomic mass is 35.5. The molecule has 0 aromatic carbocycles. The average Bonchev–Trinajstić information content (AvgIpc) is 2.79. The predicted octanol–water partition coefficient (Wildman–Crippen LogP) is 2.72. The van der Waals surface area contributed by atoms with Crippen molar-refractivity contribution in [3.8, 4) is 0 Å². The Hall–Kier alpha value is -0.680. The van der Waals surface area contributed by atoms with Crippen LogP contribution in [-0.4, -0.2) is 38.9 Å². The highest BCUT2D eigenvalue weighted by Crippen LogP contribution is 2.27. The van der Waals surface area contributed by atoms with Crippen LogP contribution >= 0.6 is 23.1 Å². The van der Waals surface area contributed by atoms with Crippen LogP contribution in [0.5, 0.6) is 0 Å². The molecule has 1 aliphatic rings. The van der Waals surface area contributed by atoms with Crippen LogP contribution in [0.3, 0.4) is 0 Å². The van der Waals surface area contributed by atoms with E-state index in [1.54, 1.807) is 0 Å². The van der Waals surface area contributed by atoms with E-state index in [1.807, 2.05) is 11.8 Å². The van der Waals surface area contributed by atoms with E-state index < -0.39 is 0 Å². The molecule has 100 valence electrons. The topological polar surface area (TPSA) is 46.1 Å². The Morgan fingerprint density at radius 2 is 2.33 bits per heavy atom. The number of nitrogens with zero attached hydrogens (tertiary/aromatic N) is 3. The lowest BCUT2D eigenvalue weighted by Crippen LogP contribution is -2.44. The second-order valence-corrected chi connectivity index (χ2v) is 5.66. The zero-order chi connectivity index (χ0) is 13.0. The molecule has 18 heavy (non-hydrogen) atoms. The third-order valence-electron chi connectivity index (χ3n) is 3.39. The summed E-state index contributed by atoms with van der Waals surface area (Å²) in [6.45, 7) is 2.74. The molecule has 0 N–H and O–H groups in total. The maximum atomic E-state index is 12.5. The standard InChI is InChI=1S/C12H18ClN3OS/c1-2-10-11(18-15-14-10)12(17)16(8-4-7-13)9-5-3-6-9/h9H,2-8H2,1H3. The van der Waals surface area contributed by atoms with E-state index in [2.05, 4.69) is 9.59 Å². The van der Waals surface area contributed by atoms with Gasteiger partial charge in [-0.25, -0.2) is 0 Å². The minimum Gasteiger partial charge on any atom is -0.335 e. The van der Waals surface area contributed by atoms with Gasteiger partial charge in [0.05, 0.1) is 5.69 Å². The van der Waals surface area contributed by atoms with Crippen molar-refractivity contribution in [2.75, 3.05) is 12.4 Å². The lowest BCUT2D eigenvalue weighted by Gasteiger charge is -2.37. The summed E-state index contributed by atoms with van der Waals surface area (Å²) in [7, 11) is 0. The van der Waals surface area contributed by atoms with E-state index in [9.17, 15) is 4.79 Å². The number of hydrogen-bond acceptors (Lipinski definition) is 4. The lowest BCUT2D eigenvalue weighted by atomic mass is 9.91. The van der Waals surface area contributed by atoms with E-state index in [1.165, 1.54) is 18.0 Å². The van der Waals surface area contributed by atoms with Gasteiger partial charge in [-0.15, -0.1) is 16.7 Å². The molecule has 1 aromatic heterocycles. The van der Waals surface area contributed by atoms with E-state index in [4.69, 9.17) is 11.6 Å². The number of halogens is 1. The first kappa shape index (κ1) is 13.7. The number of alkyl halides is 1. The van der Waals surface area contributed by atoms with Gasteiger partial charge in [0.2, 0.25) is 0 Å². The van der Waals surface area contributed by atoms with Crippen LogP contribution in [0.1, 0.15) is 48.0 Å². The third kappa shape index (κ3) is 2.83. The summed E-state index contributed by atoms with van der Waals surface area (Å²) in [5.41, 5.74) is 0.820. The average molecular weight is 288 g/mol. The predicted molar refractivity (Wildman–Crippen MR) is 73.3 cm³/mol. The molecule has 0 bridgehead atoms. The van der Waals surface area contributed by atoms with E-state index in [0.717, 1.165) is 37.9 Å². The molecule has 0 atom stereocenters. The van der Waals surface area contributed by atoms with Gasteiger partial charge in [-0.1, -0.05) is 11.4 Å². The van der Waals surface area contributed by atoms with Crippen molar-refractivity contribution in [1.82, 2.24) is 14.5 Å². The first-order valence-corrected chi connectivity index (χ1v) is 7.76. The molecule has 1 aromatic rings. The van der Waals surface area contributed by atoms with Crippen LogP contribution in [0.25, 0.3) is 0 Å². The molecule has 4 nitrogen and oxygen atoms in total. The number of hydrogen-bond donors (Lipinski definition) is 0. The fourth-order valence-electron chi connectivity index (χ4n) is 2.11. The Bertz CT molecular complexity index is 406. The molecule has 0 unspecified atom stereocenters. The van der Waals surface area contributed by atoms with Gasteiger partial charge in [0.15, 0.2) is 0 Å². The highest BCUT2D eigenvalue weighted by molar-refractivity contribution is 7.08. The monoisotopic (exact) mass is 287 g/mol. The van der Waals surface area contributed by atoms with Crippen molar-refractivity contribution in [2.24, 2.45) is 0 Å². The Labute approximate surface area is 116 Å². The lowest BCUT2D eigenvalue weighted by molar-refractivity contribution is 0.0584. The van der Waals surface area contributed by atoms with Gasteiger partial charge < -0.3 is 4.90 Å². The minimum atomic E-state index is 0.0941. The molecule has 0 saturated heterocycles. The van der Waals surface area contributed by atoms with Gasteiger partial charge in [0, 0.05) is 18.5 Å². The maximum absolute atomic E-state index is 12.5. The van der Waals surface area contributed by atoms with Gasteiger partial charge >= 0.3 is 0 Å². The number of rotatable bonds is 6. The van der Waals surface area contributed by atoms with Crippen LogP contribution in [0, 0.1) is 0 Å². The quantitative estimate of drug-likeness (QED) is 0.756. The molecule has 0 spiro atoms. The zero-order valence-electron chi connectivity index (χ0n) is 10.6. The molecule has 1 aliphatic carbocycles. The molecule has 1 heterocycles. The Kier molecular flexibility index (Phi) is 4.95. The summed E-state index contributed by atoms with van der Waals surface area (Å²) in [4.78, 5) is 15.2. The molecule has 0 aliphatic heterocycles. The number of amides is 1. The zero-order valence-corrected chi connectivity index (χ0v) is 12.1. The molecule has 1 fully saturated rings. The number of aromatic nitrogens is 2. The smallest absolute Gasteiger partial charge is 0.267 e. The van der Waals surface area contributed by atoms with Crippen molar-refractivity contribution >= 4 is 29.0 Å². The van der Waals surface area contributed by atoms with Crippen LogP contribution in [0.4, 0.5) is 0 Å². The maximum Gasteiger partial charge on any atom is 0.267 e. The van der Waals surface area contributed by atoms with Gasteiger partial charge in [0.25, 0.3) is 5.91 Å². The fraction of sp³-hybridized carbons (Fsp3) is 0.750.